The molecule has 25 heavy (non-hydrogen) atoms. The molecule has 1 fully saturated rings. The quantitative estimate of drug-likeness (QED) is 0.724. The van der Waals surface area contributed by atoms with Crippen molar-refractivity contribution < 1.29 is 14.0 Å². The molecule has 0 radical (unpaired) electrons. The Morgan fingerprint density at radius 2 is 1.92 bits per heavy atom. The summed E-state index contributed by atoms with van der Waals surface area (Å²) in [6.07, 6.45) is 5.25. The van der Waals surface area contributed by atoms with Gasteiger partial charge in [-0.2, -0.15) is 0 Å². The Kier molecular flexibility index (Phi) is 5.72. The summed E-state index contributed by atoms with van der Waals surface area (Å²) >= 11 is 0. The first kappa shape index (κ1) is 17.1. The van der Waals surface area contributed by atoms with Crippen molar-refractivity contribution in [3.05, 3.63) is 59.5 Å². The maximum atomic E-state index is 12.2. The van der Waals surface area contributed by atoms with Gasteiger partial charge in [-0.3, -0.25) is 4.79 Å². The van der Waals surface area contributed by atoms with Gasteiger partial charge in [0.25, 0.3) is 5.91 Å². The van der Waals surface area contributed by atoms with Gasteiger partial charge in [-0.15, -0.1) is 0 Å². The number of amides is 3. The molecule has 0 spiro atoms. The minimum absolute atomic E-state index is 0.167. The number of benzene rings is 1. The third-order valence-electron chi connectivity index (χ3n) is 4.42. The van der Waals surface area contributed by atoms with E-state index in [1.54, 1.807) is 24.5 Å². The number of urea groups is 1. The van der Waals surface area contributed by atoms with Crippen LogP contribution in [0.5, 0.6) is 0 Å². The van der Waals surface area contributed by atoms with Crippen LogP contribution in [0.15, 0.2) is 47.1 Å². The van der Waals surface area contributed by atoms with Gasteiger partial charge in [-0.25, -0.2) is 4.79 Å². The Hall–Kier alpha value is -2.76. The third kappa shape index (κ3) is 5.11. The van der Waals surface area contributed by atoms with Crippen LogP contribution in [0.2, 0.25) is 0 Å². The van der Waals surface area contributed by atoms with Crippen LogP contribution in [0.4, 0.5) is 4.79 Å². The van der Waals surface area contributed by atoms with Crippen molar-refractivity contribution in [3.63, 3.8) is 0 Å². The lowest BCUT2D eigenvalue weighted by Gasteiger charge is -2.25. The van der Waals surface area contributed by atoms with E-state index in [1.807, 2.05) is 18.2 Å². The zero-order valence-corrected chi connectivity index (χ0v) is 14.1. The van der Waals surface area contributed by atoms with E-state index in [2.05, 4.69) is 16.0 Å². The lowest BCUT2D eigenvalue weighted by molar-refractivity contribution is 0.0948. The predicted molar refractivity (Wildman–Crippen MR) is 93.9 cm³/mol. The predicted octanol–water partition coefficient (Wildman–Crippen LogP) is 2.81. The molecule has 1 aliphatic carbocycles. The second-order valence-corrected chi connectivity index (χ2v) is 6.32. The maximum Gasteiger partial charge on any atom is 0.315 e. The number of nitrogens with one attached hydrogen (secondary N) is 3. The zero-order chi connectivity index (χ0) is 17.5. The van der Waals surface area contributed by atoms with E-state index in [-0.39, 0.29) is 11.9 Å². The van der Waals surface area contributed by atoms with E-state index in [1.165, 1.54) is 19.3 Å². The molecule has 2 aromatic rings. The SMILES string of the molecule is O=C(NCc1cccc(C(=O)NCc2ccco2)c1)NCC1CCC1. The summed E-state index contributed by atoms with van der Waals surface area (Å²) in [5.74, 6) is 1.16. The Morgan fingerprint density at radius 1 is 1.04 bits per heavy atom. The van der Waals surface area contributed by atoms with Crippen LogP contribution in [0.25, 0.3) is 0 Å². The summed E-state index contributed by atoms with van der Waals surface area (Å²) < 4.78 is 5.19. The lowest BCUT2D eigenvalue weighted by atomic mass is 9.85. The summed E-state index contributed by atoms with van der Waals surface area (Å²) in [4.78, 5) is 24.0. The molecule has 0 bridgehead atoms. The molecule has 1 aromatic carbocycles. The minimum atomic E-state index is -0.173. The smallest absolute Gasteiger partial charge is 0.315 e. The molecule has 0 saturated heterocycles. The topological polar surface area (TPSA) is 83.4 Å². The van der Waals surface area contributed by atoms with Gasteiger partial charge in [-0.1, -0.05) is 18.6 Å². The van der Waals surface area contributed by atoms with Crippen molar-refractivity contribution in [2.45, 2.75) is 32.4 Å². The fourth-order valence-corrected chi connectivity index (χ4v) is 2.68. The van der Waals surface area contributed by atoms with Crippen molar-refractivity contribution >= 4 is 11.9 Å². The molecule has 3 amide bonds. The van der Waals surface area contributed by atoms with E-state index >= 15 is 0 Å². The van der Waals surface area contributed by atoms with Crippen LogP contribution in [-0.2, 0) is 13.1 Å². The zero-order valence-electron chi connectivity index (χ0n) is 14.1. The number of furan rings is 1. The number of hydrogen-bond donors (Lipinski definition) is 3. The van der Waals surface area contributed by atoms with E-state index in [4.69, 9.17) is 4.42 Å². The standard InChI is InChI=1S/C19H23N3O3/c23-18(20-13-17-8-3-9-25-17)16-7-2-6-15(10-16)12-22-19(24)21-11-14-4-1-5-14/h2-3,6-10,14H,1,4-5,11-13H2,(H,20,23)(H2,21,22,24). The molecule has 1 saturated carbocycles. The second kappa shape index (κ2) is 8.37. The minimum Gasteiger partial charge on any atom is -0.467 e. The van der Waals surface area contributed by atoms with Crippen LogP contribution in [0.1, 0.15) is 40.9 Å². The molecule has 6 heteroatoms. The molecule has 0 atom stereocenters. The van der Waals surface area contributed by atoms with E-state index in [9.17, 15) is 9.59 Å². The molecule has 0 unspecified atom stereocenters. The van der Waals surface area contributed by atoms with Gasteiger partial charge in [0.15, 0.2) is 0 Å². The van der Waals surface area contributed by atoms with Crippen molar-refractivity contribution in [2.24, 2.45) is 5.92 Å². The number of carbonyl (C=O) groups is 2. The highest BCUT2D eigenvalue weighted by Gasteiger charge is 2.17. The van der Waals surface area contributed by atoms with Gasteiger partial charge in [0.05, 0.1) is 12.8 Å². The van der Waals surface area contributed by atoms with Crippen molar-refractivity contribution in [1.82, 2.24) is 16.0 Å². The molecule has 0 aliphatic heterocycles. The molecular weight excluding hydrogens is 318 g/mol. The molecular formula is C19H23N3O3. The van der Waals surface area contributed by atoms with E-state index in [0.29, 0.717) is 30.3 Å². The first-order chi connectivity index (χ1) is 12.2. The molecule has 3 N–H and O–H groups in total. The first-order valence-corrected chi connectivity index (χ1v) is 8.62. The normalized spacial score (nSPS) is 13.8. The summed E-state index contributed by atoms with van der Waals surface area (Å²) in [5.41, 5.74) is 1.44. The van der Waals surface area contributed by atoms with Crippen LogP contribution >= 0.6 is 0 Å². The molecule has 3 rings (SSSR count). The third-order valence-corrected chi connectivity index (χ3v) is 4.42. The average molecular weight is 341 g/mol. The number of hydrogen-bond acceptors (Lipinski definition) is 3. The Labute approximate surface area is 147 Å². The largest absolute Gasteiger partial charge is 0.467 e. The Morgan fingerprint density at radius 3 is 2.64 bits per heavy atom. The fourth-order valence-electron chi connectivity index (χ4n) is 2.68. The highest BCUT2D eigenvalue weighted by atomic mass is 16.3. The average Bonchev–Trinajstić information content (AvgIpc) is 3.10. The van der Waals surface area contributed by atoms with Crippen molar-refractivity contribution in [3.8, 4) is 0 Å². The van der Waals surface area contributed by atoms with Crippen molar-refractivity contribution in [1.29, 1.82) is 0 Å². The highest BCUT2D eigenvalue weighted by molar-refractivity contribution is 5.94. The van der Waals surface area contributed by atoms with Crippen LogP contribution in [0, 0.1) is 5.92 Å². The Balaban J connectivity index is 1.45. The Bertz CT molecular complexity index is 708. The fraction of sp³-hybridized carbons (Fsp3) is 0.368. The van der Waals surface area contributed by atoms with Crippen LogP contribution < -0.4 is 16.0 Å². The van der Waals surface area contributed by atoms with Crippen LogP contribution in [-0.4, -0.2) is 18.5 Å². The highest BCUT2D eigenvalue weighted by Crippen LogP contribution is 2.25. The molecule has 1 aliphatic rings. The maximum absolute atomic E-state index is 12.2. The van der Waals surface area contributed by atoms with Crippen LogP contribution in [0.3, 0.4) is 0 Å². The molecule has 1 heterocycles. The van der Waals surface area contributed by atoms with Gasteiger partial charge in [-0.05, 0) is 48.6 Å². The molecule has 132 valence electrons. The number of rotatable bonds is 7. The van der Waals surface area contributed by atoms with Gasteiger partial charge in [0.1, 0.15) is 5.76 Å². The summed E-state index contributed by atoms with van der Waals surface area (Å²) in [7, 11) is 0. The van der Waals surface area contributed by atoms with Gasteiger partial charge in [0.2, 0.25) is 0 Å². The van der Waals surface area contributed by atoms with E-state index < -0.39 is 0 Å². The second-order valence-electron chi connectivity index (χ2n) is 6.32. The van der Waals surface area contributed by atoms with E-state index in [0.717, 1.165) is 12.1 Å². The molecule has 1 aromatic heterocycles. The van der Waals surface area contributed by atoms with Crippen molar-refractivity contribution in [2.75, 3.05) is 6.54 Å². The first-order valence-electron chi connectivity index (χ1n) is 8.62. The van der Waals surface area contributed by atoms with Gasteiger partial charge < -0.3 is 20.4 Å². The summed E-state index contributed by atoms with van der Waals surface area (Å²) in [5, 5.41) is 8.52. The summed E-state index contributed by atoms with van der Waals surface area (Å²) in [6, 6.07) is 10.6. The summed E-state index contributed by atoms with van der Waals surface area (Å²) in [6.45, 7) is 1.47. The van der Waals surface area contributed by atoms with Gasteiger partial charge in [0, 0.05) is 18.7 Å². The monoisotopic (exact) mass is 341 g/mol. The van der Waals surface area contributed by atoms with Gasteiger partial charge >= 0.3 is 6.03 Å². The lowest BCUT2D eigenvalue weighted by Crippen LogP contribution is -2.39. The number of carbonyl (C=O) groups excluding carboxylic acids is 2. The molecule has 6 nitrogen and oxygen atoms in total.